The normalized spacial score (nSPS) is 10.7. The molecule has 0 fully saturated rings. The number of rotatable bonds is 9. The molecular formula is C20H33NO4S. The number of carbonyl (C=O) groups is 1. The Hall–Kier alpha value is -1.82. The molecule has 0 saturated carbocycles. The van der Waals surface area contributed by atoms with Crippen molar-refractivity contribution >= 4 is 16.7 Å². The first-order valence-corrected chi connectivity index (χ1v) is 10.8. The molecular weight excluding hydrogens is 350 g/mol. The summed E-state index contributed by atoms with van der Waals surface area (Å²) in [5, 5.41) is 12.4. The van der Waals surface area contributed by atoms with Crippen LogP contribution in [-0.2, 0) is 22.1 Å². The predicted molar refractivity (Wildman–Crippen MR) is 109 cm³/mol. The van der Waals surface area contributed by atoms with Crippen molar-refractivity contribution in [2.75, 3.05) is 19.6 Å². The molecule has 0 aliphatic carbocycles. The average Bonchev–Trinajstić information content (AvgIpc) is 2.56. The highest BCUT2D eigenvalue weighted by molar-refractivity contribution is 7.83. The first-order chi connectivity index (χ1) is 12.3. The number of ether oxygens (including phenoxy) is 1. The van der Waals surface area contributed by atoms with Gasteiger partial charge in [0, 0.05) is 36.3 Å². The van der Waals surface area contributed by atoms with Crippen molar-refractivity contribution in [2.45, 2.75) is 46.1 Å². The predicted octanol–water partition coefficient (Wildman–Crippen LogP) is 3.78. The monoisotopic (exact) mass is 383 g/mol. The zero-order chi connectivity index (χ0) is 19.9. The second-order valence-electron chi connectivity index (χ2n) is 6.44. The van der Waals surface area contributed by atoms with Crippen molar-refractivity contribution in [1.82, 2.24) is 5.32 Å². The number of phenolic OH excluding ortho intramolecular Hbond substituents is 1. The summed E-state index contributed by atoms with van der Waals surface area (Å²) in [6, 6.07) is 5.07. The summed E-state index contributed by atoms with van der Waals surface area (Å²) in [6.07, 6.45) is 11.2. The molecule has 0 bridgehead atoms. The van der Waals surface area contributed by atoms with E-state index in [1.54, 1.807) is 30.7 Å². The van der Waals surface area contributed by atoms with E-state index in [4.69, 9.17) is 4.74 Å². The molecule has 0 spiro atoms. The van der Waals surface area contributed by atoms with E-state index in [0.29, 0.717) is 24.6 Å². The third-order valence-electron chi connectivity index (χ3n) is 3.28. The van der Waals surface area contributed by atoms with Gasteiger partial charge >= 0.3 is 0 Å². The highest BCUT2D eigenvalue weighted by Gasteiger charge is 2.04. The quantitative estimate of drug-likeness (QED) is 0.502. The zero-order valence-corrected chi connectivity index (χ0v) is 17.4. The maximum atomic E-state index is 11.8. The Labute approximate surface area is 160 Å². The Morgan fingerprint density at radius 3 is 2.54 bits per heavy atom. The lowest BCUT2D eigenvalue weighted by atomic mass is 10.1. The first-order valence-electron chi connectivity index (χ1n) is 8.80. The van der Waals surface area contributed by atoms with Crippen LogP contribution in [0.4, 0.5) is 0 Å². The van der Waals surface area contributed by atoms with Crippen LogP contribution < -0.4 is 10.1 Å². The summed E-state index contributed by atoms with van der Waals surface area (Å²) in [4.78, 5) is 11.8. The molecule has 0 radical (unpaired) electrons. The van der Waals surface area contributed by atoms with E-state index in [2.05, 4.69) is 31.3 Å². The van der Waals surface area contributed by atoms with Crippen molar-refractivity contribution in [3.63, 3.8) is 0 Å². The summed E-state index contributed by atoms with van der Waals surface area (Å²) in [5.74, 6) is 1.17. The van der Waals surface area contributed by atoms with Gasteiger partial charge in [-0.1, -0.05) is 32.1 Å². The van der Waals surface area contributed by atoms with Crippen LogP contribution in [0.25, 0.3) is 0 Å². The molecule has 0 saturated heterocycles. The standard InChI is InChI=1S/C18H27NO3.C2H6OS/c1-14(2)8-6-4-5-7-9-18(21)19-13-15-10-11-16(20)17(12-15)22-3;1-4(2)3/h6,8,10-12,14,20H,4-5,7,9,13H2,1-3H3,(H,19,21);1-2H3/b8-6+;. The molecule has 1 aromatic rings. The number of allylic oxidation sites excluding steroid dienone is 2. The average molecular weight is 384 g/mol. The van der Waals surface area contributed by atoms with E-state index in [1.807, 2.05) is 0 Å². The van der Waals surface area contributed by atoms with Crippen LogP contribution in [0.2, 0.25) is 0 Å². The molecule has 0 aliphatic heterocycles. The molecule has 0 unspecified atom stereocenters. The number of amides is 1. The summed E-state index contributed by atoms with van der Waals surface area (Å²) in [6.45, 7) is 4.76. The SMILES string of the molecule is COc1cc(CNC(=O)CCCC/C=C/C(C)C)ccc1O.CS(C)=O. The number of phenols is 1. The van der Waals surface area contributed by atoms with Crippen LogP contribution in [0.1, 0.15) is 45.1 Å². The van der Waals surface area contributed by atoms with Crippen molar-refractivity contribution in [1.29, 1.82) is 0 Å². The van der Waals surface area contributed by atoms with Crippen LogP contribution in [0.3, 0.4) is 0 Å². The van der Waals surface area contributed by atoms with Crippen LogP contribution in [0, 0.1) is 5.92 Å². The van der Waals surface area contributed by atoms with E-state index >= 15 is 0 Å². The number of nitrogens with one attached hydrogen (secondary N) is 1. The molecule has 0 aromatic heterocycles. The zero-order valence-electron chi connectivity index (χ0n) is 16.6. The van der Waals surface area contributed by atoms with Gasteiger partial charge < -0.3 is 15.2 Å². The molecule has 1 aromatic carbocycles. The number of benzene rings is 1. The number of aromatic hydroxyl groups is 1. The Kier molecular flexibility index (Phi) is 13.4. The van der Waals surface area contributed by atoms with Crippen LogP contribution in [-0.4, -0.2) is 34.8 Å². The van der Waals surface area contributed by atoms with Gasteiger partial charge in [-0.3, -0.25) is 9.00 Å². The number of unbranched alkanes of at least 4 members (excludes halogenated alkanes) is 2. The Balaban J connectivity index is 0.00000141. The molecule has 26 heavy (non-hydrogen) atoms. The fourth-order valence-electron chi connectivity index (χ4n) is 2.04. The third-order valence-corrected chi connectivity index (χ3v) is 3.28. The van der Waals surface area contributed by atoms with Crippen LogP contribution >= 0.6 is 0 Å². The van der Waals surface area contributed by atoms with Gasteiger partial charge in [0.1, 0.15) is 0 Å². The van der Waals surface area contributed by atoms with Gasteiger partial charge in [0.15, 0.2) is 11.5 Å². The second kappa shape index (κ2) is 14.4. The van der Waals surface area contributed by atoms with E-state index in [0.717, 1.165) is 24.8 Å². The topological polar surface area (TPSA) is 75.6 Å². The van der Waals surface area contributed by atoms with Crippen LogP contribution in [0.15, 0.2) is 30.4 Å². The molecule has 0 atom stereocenters. The van der Waals surface area contributed by atoms with E-state index in [9.17, 15) is 14.1 Å². The largest absolute Gasteiger partial charge is 0.504 e. The van der Waals surface area contributed by atoms with Gasteiger partial charge in [-0.05, 0) is 42.9 Å². The number of hydrogen-bond acceptors (Lipinski definition) is 4. The van der Waals surface area contributed by atoms with Gasteiger partial charge in [0.05, 0.1) is 7.11 Å². The smallest absolute Gasteiger partial charge is 0.220 e. The lowest BCUT2D eigenvalue weighted by molar-refractivity contribution is -0.121. The van der Waals surface area contributed by atoms with Crippen molar-refractivity contribution in [3.05, 3.63) is 35.9 Å². The summed E-state index contributed by atoms with van der Waals surface area (Å²) < 4.78 is 14.6. The Morgan fingerprint density at radius 2 is 1.96 bits per heavy atom. The first kappa shape index (κ1) is 24.2. The fourth-order valence-corrected chi connectivity index (χ4v) is 2.04. The van der Waals surface area contributed by atoms with Crippen LogP contribution in [0.5, 0.6) is 11.5 Å². The fraction of sp³-hybridized carbons (Fsp3) is 0.550. The minimum atomic E-state index is -0.611. The Bertz CT molecular complexity index is 581. The maximum absolute atomic E-state index is 11.8. The van der Waals surface area contributed by atoms with E-state index in [-0.39, 0.29) is 11.7 Å². The van der Waals surface area contributed by atoms with Crippen molar-refractivity contribution in [3.8, 4) is 11.5 Å². The lowest BCUT2D eigenvalue weighted by Crippen LogP contribution is -2.22. The molecule has 0 heterocycles. The number of carbonyl (C=O) groups excluding carboxylic acids is 1. The molecule has 6 heteroatoms. The Morgan fingerprint density at radius 1 is 1.31 bits per heavy atom. The minimum absolute atomic E-state index is 0.0554. The summed E-state index contributed by atoms with van der Waals surface area (Å²) >= 11 is 0. The molecule has 1 amide bonds. The highest BCUT2D eigenvalue weighted by Crippen LogP contribution is 2.26. The molecule has 2 N–H and O–H groups in total. The summed E-state index contributed by atoms with van der Waals surface area (Å²) in [5.41, 5.74) is 0.905. The maximum Gasteiger partial charge on any atom is 0.220 e. The molecule has 148 valence electrons. The molecule has 0 aliphatic rings. The highest BCUT2D eigenvalue weighted by atomic mass is 32.2. The van der Waals surface area contributed by atoms with Gasteiger partial charge in [-0.15, -0.1) is 0 Å². The molecule has 5 nitrogen and oxygen atoms in total. The second-order valence-corrected chi connectivity index (χ2v) is 7.93. The van der Waals surface area contributed by atoms with Crippen molar-refractivity contribution in [2.24, 2.45) is 5.92 Å². The van der Waals surface area contributed by atoms with E-state index < -0.39 is 10.8 Å². The molecule has 1 rings (SSSR count). The van der Waals surface area contributed by atoms with Crippen molar-refractivity contribution < 1.29 is 18.8 Å². The van der Waals surface area contributed by atoms with Gasteiger partial charge in [-0.2, -0.15) is 0 Å². The summed E-state index contributed by atoms with van der Waals surface area (Å²) in [7, 11) is 0.894. The third kappa shape index (κ3) is 13.5. The number of methoxy groups -OCH3 is 1. The van der Waals surface area contributed by atoms with Gasteiger partial charge in [0.25, 0.3) is 0 Å². The van der Waals surface area contributed by atoms with Gasteiger partial charge in [0.2, 0.25) is 5.91 Å². The number of hydrogen-bond donors (Lipinski definition) is 2. The van der Waals surface area contributed by atoms with E-state index in [1.165, 1.54) is 7.11 Å². The van der Waals surface area contributed by atoms with Gasteiger partial charge in [-0.25, -0.2) is 0 Å². The minimum Gasteiger partial charge on any atom is -0.504 e. The lowest BCUT2D eigenvalue weighted by Gasteiger charge is -2.08.